The molecule has 0 aliphatic rings. The van der Waals surface area contributed by atoms with Crippen molar-refractivity contribution in [1.82, 2.24) is 5.32 Å². The van der Waals surface area contributed by atoms with E-state index in [2.05, 4.69) is 55.6 Å². The molecule has 112 valence electrons. The average Bonchev–Trinajstić information content (AvgIpc) is 2.52. The zero-order chi connectivity index (χ0) is 15.1. The van der Waals surface area contributed by atoms with Crippen molar-refractivity contribution in [2.75, 3.05) is 13.7 Å². The van der Waals surface area contributed by atoms with E-state index in [1.54, 1.807) is 7.11 Å². The molecule has 0 heterocycles. The topological polar surface area (TPSA) is 21.3 Å². The smallest absolute Gasteiger partial charge is 0.118 e. The van der Waals surface area contributed by atoms with Crippen molar-refractivity contribution in [1.29, 1.82) is 0 Å². The summed E-state index contributed by atoms with van der Waals surface area (Å²) in [5.74, 6) is 0.910. The van der Waals surface area contributed by atoms with Gasteiger partial charge in [-0.1, -0.05) is 48.9 Å². The molecule has 0 fully saturated rings. The lowest BCUT2D eigenvalue weighted by Gasteiger charge is -2.19. The van der Waals surface area contributed by atoms with Crippen molar-refractivity contribution in [3.63, 3.8) is 0 Å². The van der Waals surface area contributed by atoms with E-state index in [9.17, 15) is 0 Å². The maximum absolute atomic E-state index is 5.23. The van der Waals surface area contributed by atoms with Gasteiger partial charge < -0.3 is 10.1 Å². The molecule has 1 N–H and O–H groups in total. The van der Waals surface area contributed by atoms with Gasteiger partial charge in [-0.3, -0.25) is 0 Å². The quantitative estimate of drug-likeness (QED) is 0.818. The molecule has 21 heavy (non-hydrogen) atoms. The molecule has 1 atom stereocenters. The van der Waals surface area contributed by atoms with Crippen molar-refractivity contribution in [3.8, 4) is 5.75 Å². The summed E-state index contributed by atoms with van der Waals surface area (Å²) in [5, 5.41) is 3.58. The molecule has 2 aromatic rings. The van der Waals surface area contributed by atoms with Crippen molar-refractivity contribution in [3.05, 3.63) is 65.2 Å². The van der Waals surface area contributed by atoms with Crippen molar-refractivity contribution >= 4 is 0 Å². The summed E-state index contributed by atoms with van der Waals surface area (Å²) in [6.45, 7) is 5.28. The average molecular weight is 283 g/mol. The number of rotatable bonds is 7. The van der Waals surface area contributed by atoms with Crippen LogP contribution < -0.4 is 10.1 Å². The van der Waals surface area contributed by atoms with E-state index in [0.29, 0.717) is 6.04 Å². The van der Waals surface area contributed by atoms with Crippen molar-refractivity contribution < 1.29 is 4.74 Å². The van der Waals surface area contributed by atoms with Gasteiger partial charge in [0, 0.05) is 6.04 Å². The summed E-state index contributed by atoms with van der Waals surface area (Å²) in [6, 6.07) is 17.5. The van der Waals surface area contributed by atoms with Crippen LogP contribution in [0.1, 0.15) is 36.1 Å². The first-order chi connectivity index (χ1) is 10.2. The fraction of sp³-hybridized carbons (Fsp3) is 0.368. The Morgan fingerprint density at radius 2 is 1.86 bits per heavy atom. The maximum atomic E-state index is 5.23. The molecular weight excluding hydrogens is 258 g/mol. The van der Waals surface area contributed by atoms with Crippen LogP contribution in [0.5, 0.6) is 5.75 Å². The molecule has 0 radical (unpaired) electrons. The Labute approximate surface area is 128 Å². The second kappa shape index (κ2) is 7.84. The molecule has 0 aromatic heterocycles. The van der Waals surface area contributed by atoms with E-state index >= 15 is 0 Å². The lowest BCUT2D eigenvalue weighted by Crippen LogP contribution is -2.21. The van der Waals surface area contributed by atoms with Gasteiger partial charge in [-0.15, -0.1) is 0 Å². The highest BCUT2D eigenvalue weighted by Crippen LogP contribution is 2.22. The van der Waals surface area contributed by atoms with Crippen molar-refractivity contribution in [2.24, 2.45) is 0 Å². The van der Waals surface area contributed by atoms with Crippen LogP contribution in [0.4, 0.5) is 0 Å². The third-order valence-electron chi connectivity index (χ3n) is 3.77. The molecule has 2 heteroatoms. The number of aryl methyl sites for hydroxylation is 2. The molecule has 2 rings (SSSR count). The summed E-state index contributed by atoms with van der Waals surface area (Å²) < 4.78 is 5.23. The van der Waals surface area contributed by atoms with E-state index < -0.39 is 0 Å². The largest absolute Gasteiger partial charge is 0.497 e. The molecule has 0 bridgehead atoms. The predicted octanol–water partition coefficient (Wildman–Crippen LogP) is 4.29. The standard InChI is InChI=1S/C19H25NO/c1-4-20-19(17-9-11-18(21-3)12-10-17)13-8-16-7-5-6-15(2)14-16/h5-7,9-12,14,19-20H,4,8,13H2,1-3H3. The predicted molar refractivity (Wildman–Crippen MR) is 88.9 cm³/mol. The molecule has 0 saturated carbocycles. The van der Waals surface area contributed by atoms with E-state index in [4.69, 9.17) is 4.74 Å². The van der Waals surface area contributed by atoms with Gasteiger partial charge in [0.05, 0.1) is 7.11 Å². The van der Waals surface area contributed by atoms with Crippen LogP contribution in [0.2, 0.25) is 0 Å². The third kappa shape index (κ3) is 4.61. The fourth-order valence-corrected chi connectivity index (χ4v) is 2.65. The van der Waals surface area contributed by atoms with Crippen molar-refractivity contribution in [2.45, 2.75) is 32.7 Å². The second-order valence-corrected chi connectivity index (χ2v) is 5.41. The van der Waals surface area contributed by atoms with Crippen LogP contribution >= 0.6 is 0 Å². The van der Waals surface area contributed by atoms with E-state index in [0.717, 1.165) is 25.1 Å². The minimum atomic E-state index is 0.390. The zero-order valence-corrected chi connectivity index (χ0v) is 13.2. The summed E-state index contributed by atoms with van der Waals surface area (Å²) >= 11 is 0. The highest BCUT2D eigenvalue weighted by atomic mass is 16.5. The second-order valence-electron chi connectivity index (χ2n) is 5.41. The Balaban J connectivity index is 2.04. The Hall–Kier alpha value is -1.80. The van der Waals surface area contributed by atoms with Gasteiger partial charge in [-0.05, 0) is 49.6 Å². The molecule has 0 spiro atoms. The zero-order valence-electron chi connectivity index (χ0n) is 13.2. The number of ether oxygens (including phenoxy) is 1. The van der Waals surface area contributed by atoms with Gasteiger partial charge in [-0.25, -0.2) is 0 Å². The number of hydrogen-bond acceptors (Lipinski definition) is 2. The van der Waals surface area contributed by atoms with Crippen LogP contribution in [0.3, 0.4) is 0 Å². The minimum Gasteiger partial charge on any atom is -0.497 e. The van der Waals surface area contributed by atoms with Gasteiger partial charge >= 0.3 is 0 Å². The lowest BCUT2D eigenvalue weighted by molar-refractivity contribution is 0.414. The Morgan fingerprint density at radius 3 is 2.48 bits per heavy atom. The lowest BCUT2D eigenvalue weighted by atomic mass is 9.98. The summed E-state index contributed by atoms with van der Waals surface area (Å²) in [6.07, 6.45) is 2.19. The number of methoxy groups -OCH3 is 1. The first-order valence-corrected chi connectivity index (χ1v) is 7.65. The van der Waals surface area contributed by atoms with E-state index in [1.165, 1.54) is 16.7 Å². The molecular formula is C19H25NO. The summed E-state index contributed by atoms with van der Waals surface area (Å²) in [4.78, 5) is 0. The first-order valence-electron chi connectivity index (χ1n) is 7.65. The molecule has 2 aromatic carbocycles. The highest BCUT2D eigenvalue weighted by molar-refractivity contribution is 5.29. The highest BCUT2D eigenvalue weighted by Gasteiger charge is 2.10. The molecule has 2 nitrogen and oxygen atoms in total. The first kappa shape index (κ1) is 15.6. The molecule has 0 saturated heterocycles. The molecule has 1 unspecified atom stereocenters. The van der Waals surface area contributed by atoms with E-state index in [1.807, 2.05) is 12.1 Å². The SMILES string of the molecule is CCNC(CCc1cccc(C)c1)c1ccc(OC)cc1. The normalized spacial score (nSPS) is 12.1. The number of benzene rings is 2. The van der Waals surface area contributed by atoms with Crippen LogP contribution in [0.15, 0.2) is 48.5 Å². The van der Waals surface area contributed by atoms with Crippen LogP contribution in [0, 0.1) is 6.92 Å². The van der Waals surface area contributed by atoms with Gasteiger partial charge in [0.25, 0.3) is 0 Å². The fourth-order valence-electron chi connectivity index (χ4n) is 2.65. The number of hydrogen-bond donors (Lipinski definition) is 1. The van der Waals surface area contributed by atoms with Crippen LogP contribution in [-0.2, 0) is 6.42 Å². The van der Waals surface area contributed by atoms with Gasteiger partial charge in [-0.2, -0.15) is 0 Å². The third-order valence-corrected chi connectivity index (χ3v) is 3.77. The molecule has 0 aliphatic heterocycles. The van der Waals surface area contributed by atoms with Gasteiger partial charge in [0.2, 0.25) is 0 Å². The Bertz CT molecular complexity index is 548. The Kier molecular flexibility index (Phi) is 5.82. The molecule has 0 aliphatic carbocycles. The monoisotopic (exact) mass is 283 g/mol. The number of nitrogens with one attached hydrogen (secondary N) is 1. The van der Waals surface area contributed by atoms with Crippen LogP contribution in [0.25, 0.3) is 0 Å². The summed E-state index contributed by atoms with van der Waals surface area (Å²) in [7, 11) is 1.70. The molecule has 0 amide bonds. The summed E-state index contributed by atoms with van der Waals surface area (Å²) in [5.41, 5.74) is 4.06. The van der Waals surface area contributed by atoms with Gasteiger partial charge in [0.1, 0.15) is 5.75 Å². The van der Waals surface area contributed by atoms with E-state index in [-0.39, 0.29) is 0 Å². The minimum absolute atomic E-state index is 0.390. The Morgan fingerprint density at radius 1 is 1.10 bits per heavy atom. The van der Waals surface area contributed by atoms with Crippen LogP contribution in [-0.4, -0.2) is 13.7 Å². The maximum Gasteiger partial charge on any atom is 0.118 e. The van der Waals surface area contributed by atoms with Gasteiger partial charge in [0.15, 0.2) is 0 Å².